The van der Waals surface area contributed by atoms with Gasteiger partial charge in [0.25, 0.3) is 5.91 Å². The molecule has 0 fully saturated rings. The van der Waals surface area contributed by atoms with Crippen molar-refractivity contribution < 1.29 is 14.3 Å². The lowest BCUT2D eigenvalue weighted by molar-refractivity contribution is -0.127. The van der Waals surface area contributed by atoms with E-state index in [1.54, 1.807) is 37.3 Å². The molecule has 1 N–H and O–H groups in total. The summed E-state index contributed by atoms with van der Waals surface area (Å²) in [5.41, 5.74) is 0.989. The molecule has 0 aliphatic heterocycles. The number of benzene rings is 2. The maximum Gasteiger partial charge on any atom is 0.260 e. The zero-order chi connectivity index (χ0) is 17.5. The fourth-order valence-electron chi connectivity index (χ4n) is 1.93. The highest BCUT2D eigenvalue weighted by molar-refractivity contribution is 6.32. The van der Waals surface area contributed by atoms with Gasteiger partial charge in [0, 0.05) is 5.02 Å². The Hall–Kier alpha value is -1.91. The van der Waals surface area contributed by atoms with Gasteiger partial charge in [0.2, 0.25) is 0 Å². The maximum atomic E-state index is 12.0. The average Bonchev–Trinajstić information content (AvgIpc) is 2.56. The molecule has 1 unspecified atom stereocenters. The fraction of sp³-hybridized carbons (Fsp3) is 0.278. The summed E-state index contributed by atoms with van der Waals surface area (Å²) in [7, 11) is 0. The summed E-state index contributed by atoms with van der Waals surface area (Å²) in [6.07, 6.45) is -0.654. The molecule has 0 aliphatic carbocycles. The topological polar surface area (TPSA) is 47.6 Å². The predicted octanol–water partition coefficient (Wildman–Crippen LogP) is 4.26. The van der Waals surface area contributed by atoms with Gasteiger partial charge in [0.15, 0.2) is 6.10 Å². The second-order valence-corrected chi connectivity index (χ2v) is 6.06. The summed E-state index contributed by atoms with van der Waals surface area (Å²) in [6, 6.07) is 12.5. The molecule has 2 rings (SSSR count). The zero-order valence-electron chi connectivity index (χ0n) is 13.5. The molecule has 0 heterocycles. The molecule has 0 radical (unpaired) electrons. The Labute approximate surface area is 151 Å². The Morgan fingerprint density at radius 1 is 1.17 bits per heavy atom. The molecule has 1 atom stereocenters. The second kappa shape index (κ2) is 8.81. The van der Waals surface area contributed by atoms with Gasteiger partial charge < -0.3 is 14.8 Å². The highest BCUT2D eigenvalue weighted by Gasteiger charge is 2.15. The van der Waals surface area contributed by atoms with Crippen LogP contribution in [0, 0.1) is 6.92 Å². The smallest absolute Gasteiger partial charge is 0.260 e. The van der Waals surface area contributed by atoms with Crippen molar-refractivity contribution in [1.29, 1.82) is 0 Å². The van der Waals surface area contributed by atoms with Crippen LogP contribution < -0.4 is 14.8 Å². The third kappa shape index (κ3) is 5.32. The predicted molar refractivity (Wildman–Crippen MR) is 96.2 cm³/mol. The van der Waals surface area contributed by atoms with Gasteiger partial charge in [-0.2, -0.15) is 0 Å². The number of aryl methyl sites for hydroxylation is 1. The van der Waals surface area contributed by atoms with E-state index in [2.05, 4.69) is 5.32 Å². The minimum atomic E-state index is -0.654. The molecule has 0 bridgehead atoms. The Bertz CT molecular complexity index is 706. The van der Waals surface area contributed by atoms with Crippen LogP contribution in [0.3, 0.4) is 0 Å². The largest absolute Gasteiger partial charge is 0.492 e. The number of hydrogen-bond acceptors (Lipinski definition) is 3. The van der Waals surface area contributed by atoms with Gasteiger partial charge in [-0.05, 0) is 43.7 Å². The normalized spacial score (nSPS) is 11.7. The van der Waals surface area contributed by atoms with E-state index < -0.39 is 6.10 Å². The number of carbonyl (C=O) groups is 1. The zero-order valence-corrected chi connectivity index (χ0v) is 15.0. The van der Waals surface area contributed by atoms with Crippen molar-refractivity contribution in [2.75, 3.05) is 13.2 Å². The molecule has 4 nitrogen and oxygen atoms in total. The van der Waals surface area contributed by atoms with Crippen LogP contribution in [0.25, 0.3) is 0 Å². The van der Waals surface area contributed by atoms with Crippen LogP contribution in [0.4, 0.5) is 0 Å². The fourth-order valence-corrected chi connectivity index (χ4v) is 2.29. The molecule has 1 amide bonds. The van der Waals surface area contributed by atoms with Gasteiger partial charge in [0.05, 0.1) is 11.6 Å². The summed E-state index contributed by atoms with van der Waals surface area (Å²) in [5, 5.41) is 3.87. The van der Waals surface area contributed by atoms with Gasteiger partial charge in [-0.1, -0.05) is 41.4 Å². The van der Waals surface area contributed by atoms with Gasteiger partial charge in [-0.3, -0.25) is 4.79 Å². The van der Waals surface area contributed by atoms with E-state index in [1.807, 2.05) is 19.1 Å². The van der Waals surface area contributed by atoms with Crippen LogP contribution in [0.1, 0.15) is 12.5 Å². The molecule has 0 saturated heterocycles. The van der Waals surface area contributed by atoms with Crippen LogP contribution in [-0.2, 0) is 4.79 Å². The van der Waals surface area contributed by atoms with Crippen LogP contribution >= 0.6 is 23.2 Å². The van der Waals surface area contributed by atoms with Gasteiger partial charge >= 0.3 is 0 Å². The standard InChI is InChI=1S/C18H19Cl2NO3/c1-12-7-8-14(11-16(12)20)23-10-9-21-18(22)13(2)24-17-6-4-3-5-15(17)19/h3-8,11,13H,9-10H2,1-2H3,(H,21,22). The van der Waals surface area contributed by atoms with Crippen LogP contribution in [0.15, 0.2) is 42.5 Å². The lowest BCUT2D eigenvalue weighted by atomic mass is 10.2. The lowest BCUT2D eigenvalue weighted by Crippen LogP contribution is -2.38. The quantitative estimate of drug-likeness (QED) is 0.743. The molecule has 0 aromatic heterocycles. The number of rotatable bonds is 7. The van der Waals surface area contributed by atoms with E-state index in [4.69, 9.17) is 32.7 Å². The molecule has 128 valence electrons. The van der Waals surface area contributed by atoms with Crippen molar-refractivity contribution in [1.82, 2.24) is 5.32 Å². The Morgan fingerprint density at radius 2 is 1.92 bits per heavy atom. The monoisotopic (exact) mass is 367 g/mol. The van der Waals surface area contributed by atoms with Crippen molar-refractivity contribution in [3.8, 4) is 11.5 Å². The molecular formula is C18H19Cl2NO3. The summed E-state index contributed by atoms with van der Waals surface area (Å²) in [6.45, 7) is 4.29. The number of amides is 1. The van der Waals surface area contributed by atoms with Crippen molar-refractivity contribution >= 4 is 29.1 Å². The first-order valence-corrected chi connectivity index (χ1v) is 8.31. The lowest BCUT2D eigenvalue weighted by Gasteiger charge is -2.15. The first kappa shape index (κ1) is 18.4. The van der Waals surface area contributed by atoms with E-state index in [1.165, 1.54) is 0 Å². The third-order valence-corrected chi connectivity index (χ3v) is 4.04. The number of para-hydroxylation sites is 1. The summed E-state index contributed by atoms with van der Waals surface area (Å²) in [5.74, 6) is 0.910. The van der Waals surface area contributed by atoms with Gasteiger partial charge in [-0.25, -0.2) is 0 Å². The molecule has 0 saturated carbocycles. The molecular weight excluding hydrogens is 349 g/mol. The van der Waals surface area contributed by atoms with E-state index in [0.29, 0.717) is 34.7 Å². The first-order valence-electron chi connectivity index (χ1n) is 7.55. The molecule has 6 heteroatoms. The van der Waals surface area contributed by atoms with Crippen molar-refractivity contribution in [3.63, 3.8) is 0 Å². The van der Waals surface area contributed by atoms with E-state index in [9.17, 15) is 4.79 Å². The summed E-state index contributed by atoms with van der Waals surface area (Å²) >= 11 is 12.0. The molecule has 0 spiro atoms. The van der Waals surface area contributed by atoms with Crippen LogP contribution in [0.2, 0.25) is 10.0 Å². The number of carbonyl (C=O) groups excluding carboxylic acids is 1. The minimum Gasteiger partial charge on any atom is -0.492 e. The Morgan fingerprint density at radius 3 is 2.62 bits per heavy atom. The Kier molecular flexibility index (Phi) is 6.76. The van der Waals surface area contributed by atoms with Crippen LogP contribution in [-0.4, -0.2) is 25.2 Å². The molecule has 2 aromatic carbocycles. The number of halogens is 2. The molecule has 2 aromatic rings. The van der Waals surface area contributed by atoms with Gasteiger partial charge in [-0.15, -0.1) is 0 Å². The summed E-state index contributed by atoms with van der Waals surface area (Å²) < 4.78 is 11.1. The minimum absolute atomic E-state index is 0.236. The van der Waals surface area contributed by atoms with Gasteiger partial charge in [0.1, 0.15) is 18.1 Å². The summed E-state index contributed by atoms with van der Waals surface area (Å²) in [4.78, 5) is 12.0. The van der Waals surface area contributed by atoms with Crippen molar-refractivity contribution in [3.05, 3.63) is 58.1 Å². The number of ether oxygens (including phenoxy) is 2. The highest BCUT2D eigenvalue weighted by atomic mass is 35.5. The maximum absolute atomic E-state index is 12.0. The van der Waals surface area contributed by atoms with E-state index >= 15 is 0 Å². The third-order valence-electron chi connectivity index (χ3n) is 3.32. The van der Waals surface area contributed by atoms with E-state index in [0.717, 1.165) is 5.56 Å². The molecule has 24 heavy (non-hydrogen) atoms. The van der Waals surface area contributed by atoms with Crippen molar-refractivity contribution in [2.24, 2.45) is 0 Å². The number of nitrogens with one attached hydrogen (secondary N) is 1. The number of hydrogen-bond donors (Lipinski definition) is 1. The Balaban J connectivity index is 1.74. The molecule has 0 aliphatic rings. The van der Waals surface area contributed by atoms with E-state index in [-0.39, 0.29) is 5.91 Å². The van der Waals surface area contributed by atoms with Crippen molar-refractivity contribution in [2.45, 2.75) is 20.0 Å². The highest BCUT2D eigenvalue weighted by Crippen LogP contribution is 2.24. The first-order chi connectivity index (χ1) is 11.5. The SMILES string of the molecule is Cc1ccc(OCCNC(=O)C(C)Oc2ccccc2Cl)cc1Cl. The van der Waals surface area contributed by atoms with Crippen LogP contribution in [0.5, 0.6) is 11.5 Å². The average molecular weight is 368 g/mol. The second-order valence-electron chi connectivity index (χ2n) is 5.24.